The number of carboxylic acid groups (broad SMARTS) is 1. The summed E-state index contributed by atoms with van der Waals surface area (Å²) in [7, 11) is -3.82. The number of hydrogen-bond acceptors (Lipinski definition) is 8. The van der Waals surface area contributed by atoms with E-state index in [4.69, 9.17) is 4.74 Å². The fraction of sp³-hybridized carbons (Fsp3) is 0.389. The minimum atomic E-state index is -3.82. The number of pyridine rings is 1. The lowest BCUT2D eigenvalue weighted by molar-refractivity contribution is -0.148. The van der Waals surface area contributed by atoms with Crippen molar-refractivity contribution in [3.8, 4) is 0 Å². The van der Waals surface area contributed by atoms with Crippen LogP contribution in [0.15, 0.2) is 34.0 Å². The van der Waals surface area contributed by atoms with Crippen LogP contribution in [0.3, 0.4) is 0 Å². The van der Waals surface area contributed by atoms with E-state index >= 15 is 0 Å². The molecule has 1 aliphatic heterocycles. The summed E-state index contributed by atoms with van der Waals surface area (Å²) < 4.78 is 32.3. The molecule has 0 aliphatic carbocycles. The SMILES string of the molecule is CCOC(=O)[C@@H]1CCCN(c2ncc(NS(=O)(=O)c3cccs3)cc2C(=O)O)C1. The van der Waals surface area contributed by atoms with E-state index in [-0.39, 0.29) is 39.8 Å². The van der Waals surface area contributed by atoms with Gasteiger partial charge in [-0.2, -0.15) is 0 Å². The Kier molecular flexibility index (Phi) is 6.38. The van der Waals surface area contributed by atoms with Gasteiger partial charge in [-0.15, -0.1) is 11.3 Å². The number of piperidine rings is 1. The Labute approximate surface area is 172 Å². The molecule has 0 saturated carbocycles. The molecule has 9 nitrogen and oxygen atoms in total. The zero-order chi connectivity index (χ0) is 21.0. The average molecular weight is 440 g/mol. The van der Waals surface area contributed by atoms with Crippen LogP contribution >= 0.6 is 11.3 Å². The number of esters is 1. The van der Waals surface area contributed by atoms with E-state index in [1.54, 1.807) is 23.3 Å². The summed E-state index contributed by atoms with van der Waals surface area (Å²) in [6.45, 7) is 2.86. The first-order valence-corrected chi connectivity index (χ1v) is 11.4. The molecule has 0 unspecified atom stereocenters. The largest absolute Gasteiger partial charge is 0.478 e. The second-order valence-corrected chi connectivity index (χ2v) is 9.33. The van der Waals surface area contributed by atoms with Crippen molar-refractivity contribution in [3.63, 3.8) is 0 Å². The molecule has 3 rings (SSSR count). The molecule has 3 heterocycles. The molecule has 2 aromatic heterocycles. The fourth-order valence-corrected chi connectivity index (χ4v) is 5.19. The maximum absolute atomic E-state index is 12.4. The minimum Gasteiger partial charge on any atom is -0.478 e. The van der Waals surface area contributed by atoms with Crippen LogP contribution < -0.4 is 9.62 Å². The molecule has 2 N–H and O–H groups in total. The van der Waals surface area contributed by atoms with Gasteiger partial charge in [-0.1, -0.05) is 6.07 Å². The molecule has 1 atom stereocenters. The lowest BCUT2D eigenvalue weighted by atomic mass is 9.98. The quantitative estimate of drug-likeness (QED) is 0.630. The van der Waals surface area contributed by atoms with E-state index in [9.17, 15) is 23.1 Å². The number of sulfonamides is 1. The zero-order valence-electron chi connectivity index (χ0n) is 15.7. The van der Waals surface area contributed by atoms with Gasteiger partial charge in [0.15, 0.2) is 0 Å². The molecule has 156 valence electrons. The van der Waals surface area contributed by atoms with Gasteiger partial charge in [-0.3, -0.25) is 9.52 Å². The van der Waals surface area contributed by atoms with Crippen LogP contribution in [-0.4, -0.2) is 50.1 Å². The highest BCUT2D eigenvalue weighted by molar-refractivity contribution is 7.94. The Hall–Kier alpha value is -2.66. The molecule has 1 aliphatic rings. The number of anilines is 2. The predicted molar refractivity (Wildman–Crippen MR) is 108 cm³/mol. The van der Waals surface area contributed by atoms with Crippen LogP contribution in [0, 0.1) is 5.92 Å². The number of carboxylic acids is 1. The highest BCUT2D eigenvalue weighted by atomic mass is 32.2. The van der Waals surface area contributed by atoms with E-state index in [0.717, 1.165) is 11.3 Å². The van der Waals surface area contributed by atoms with Gasteiger partial charge >= 0.3 is 11.9 Å². The van der Waals surface area contributed by atoms with Crippen LogP contribution in [0.2, 0.25) is 0 Å². The maximum atomic E-state index is 12.4. The molecule has 2 aromatic rings. The maximum Gasteiger partial charge on any atom is 0.339 e. The highest BCUT2D eigenvalue weighted by Crippen LogP contribution is 2.28. The molecule has 1 fully saturated rings. The van der Waals surface area contributed by atoms with Crippen LogP contribution in [0.5, 0.6) is 0 Å². The van der Waals surface area contributed by atoms with Gasteiger partial charge in [0, 0.05) is 13.1 Å². The van der Waals surface area contributed by atoms with Crippen molar-refractivity contribution in [1.82, 2.24) is 4.98 Å². The summed E-state index contributed by atoms with van der Waals surface area (Å²) in [5, 5.41) is 11.3. The lowest BCUT2D eigenvalue weighted by Crippen LogP contribution is -2.40. The molecule has 1 saturated heterocycles. The van der Waals surface area contributed by atoms with Gasteiger partial charge < -0.3 is 14.7 Å². The molecule has 0 aromatic carbocycles. The smallest absolute Gasteiger partial charge is 0.339 e. The van der Waals surface area contributed by atoms with Gasteiger partial charge in [-0.25, -0.2) is 18.2 Å². The summed E-state index contributed by atoms with van der Waals surface area (Å²) in [4.78, 5) is 29.8. The number of ether oxygens (including phenoxy) is 1. The molecule has 11 heteroatoms. The Morgan fingerprint density at radius 1 is 1.45 bits per heavy atom. The molecule has 0 amide bonds. The average Bonchev–Trinajstić information content (AvgIpc) is 3.24. The van der Waals surface area contributed by atoms with E-state index < -0.39 is 16.0 Å². The van der Waals surface area contributed by atoms with E-state index in [1.807, 2.05) is 0 Å². The van der Waals surface area contributed by atoms with E-state index in [0.29, 0.717) is 25.9 Å². The minimum absolute atomic E-state index is 0.0542. The second kappa shape index (κ2) is 8.78. The highest BCUT2D eigenvalue weighted by Gasteiger charge is 2.30. The first kappa shape index (κ1) is 21.1. The standard InChI is InChI=1S/C18H21N3O6S2/c1-2-27-18(24)12-5-3-7-21(11-12)16-14(17(22)23)9-13(10-19-16)20-29(25,26)15-6-4-8-28-15/h4,6,8-10,12,20H,2-3,5,7,11H2,1H3,(H,22,23)/t12-/m1/s1. The second-order valence-electron chi connectivity index (χ2n) is 6.48. The zero-order valence-corrected chi connectivity index (χ0v) is 17.3. The molecule has 0 radical (unpaired) electrons. The molecule has 29 heavy (non-hydrogen) atoms. The Balaban J connectivity index is 1.85. The van der Waals surface area contributed by atoms with E-state index in [2.05, 4.69) is 9.71 Å². The number of aromatic carboxylic acids is 1. The molecule has 0 spiro atoms. The summed E-state index contributed by atoms with van der Waals surface area (Å²) in [5.41, 5.74) is -0.0839. The van der Waals surface area contributed by atoms with E-state index in [1.165, 1.54) is 18.3 Å². The number of thiophene rings is 1. The number of aromatic nitrogens is 1. The Morgan fingerprint density at radius 2 is 2.24 bits per heavy atom. The normalized spacial score (nSPS) is 17.0. The van der Waals surface area contributed by atoms with Crippen molar-refractivity contribution < 1.29 is 27.9 Å². The van der Waals surface area contributed by atoms with Gasteiger partial charge in [0.1, 0.15) is 15.6 Å². The molecule has 0 bridgehead atoms. The van der Waals surface area contributed by atoms with Gasteiger partial charge in [0.25, 0.3) is 10.0 Å². The predicted octanol–water partition coefficient (Wildman–Crippen LogP) is 2.42. The third-order valence-electron chi connectivity index (χ3n) is 4.45. The van der Waals surface area contributed by atoms with Crippen LogP contribution in [0.25, 0.3) is 0 Å². The lowest BCUT2D eigenvalue weighted by Gasteiger charge is -2.33. The topological polar surface area (TPSA) is 126 Å². The van der Waals surface area contributed by atoms with Gasteiger partial charge in [0.2, 0.25) is 0 Å². The number of nitrogens with zero attached hydrogens (tertiary/aromatic N) is 2. The third-order valence-corrected chi connectivity index (χ3v) is 7.23. The van der Waals surface area contributed by atoms with Crippen LogP contribution in [0.1, 0.15) is 30.1 Å². The summed E-state index contributed by atoms with van der Waals surface area (Å²) in [6, 6.07) is 4.31. The molecular weight excluding hydrogens is 418 g/mol. The number of nitrogens with one attached hydrogen (secondary N) is 1. The Morgan fingerprint density at radius 3 is 2.90 bits per heavy atom. The number of hydrogen-bond donors (Lipinski definition) is 2. The number of carbonyl (C=O) groups is 2. The fourth-order valence-electron chi connectivity index (χ4n) is 3.17. The summed E-state index contributed by atoms with van der Waals surface area (Å²) >= 11 is 1.05. The van der Waals surface area contributed by atoms with Crippen molar-refractivity contribution in [2.24, 2.45) is 5.92 Å². The molecular formula is C18H21N3O6S2. The summed E-state index contributed by atoms with van der Waals surface area (Å²) in [6.07, 6.45) is 2.63. The van der Waals surface area contributed by atoms with Gasteiger partial charge in [-0.05, 0) is 37.3 Å². The first-order valence-electron chi connectivity index (χ1n) is 9.03. The van der Waals surface area contributed by atoms with Crippen molar-refractivity contribution in [2.45, 2.75) is 24.0 Å². The van der Waals surface area contributed by atoms with Crippen molar-refractivity contribution >= 4 is 44.8 Å². The monoisotopic (exact) mass is 439 g/mol. The van der Waals surface area contributed by atoms with Crippen molar-refractivity contribution in [1.29, 1.82) is 0 Å². The van der Waals surface area contributed by atoms with Gasteiger partial charge in [0.05, 0.1) is 24.4 Å². The number of carbonyl (C=O) groups excluding carboxylic acids is 1. The third kappa shape index (κ3) is 4.85. The number of rotatable bonds is 7. The summed E-state index contributed by atoms with van der Waals surface area (Å²) in [5.74, 6) is -1.70. The van der Waals surface area contributed by atoms with Crippen molar-refractivity contribution in [3.05, 3.63) is 35.3 Å². The Bertz CT molecular complexity index is 991. The van der Waals surface area contributed by atoms with Crippen LogP contribution in [-0.2, 0) is 19.6 Å². The van der Waals surface area contributed by atoms with Crippen LogP contribution in [0.4, 0.5) is 11.5 Å². The van der Waals surface area contributed by atoms with Crippen molar-refractivity contribution in [2.75, 3.05) is 29.3 Å². The first-order chi connectivity index (χ1) is 13.8.